The fourth-order valence-corrected chi connectivity index (χ4v) is 5.60. The molecule has 0 radical (unpaired) electrons. The van der Waals surface area contributed by atoms with Crippen LogP contribution in [0.4, 0.5) is 4.39 Å². The van der Waals surface area contributed by atoms with Crippen molar-refractivity contribution in [2.45, 2.75) is 51.0 Å². The average Bonchev–Trinajstić information content (AvgIpc) is 2.77. The molecule has 5 rings (SSSR count). The number of allylic oxidation sites excluding steroid dienone is 4. The minimum absolute atomic E-state index is 0.0531. The van der Waals surface area contributed by atoms with Gasteiger partial charge in [-0.05, 0) is 61.1 Å². The number of nitrogens with one attached hydrogen (secondary N) is 1. The van der Waals surface area contributed by atoms with Gasteiger partial charge in [0.25, 0.3) is 0 Å². The van der Waals surface area contributed by atoms with E-state index in [0.717, 1.165) is 37.1 Å². The molecule has 0 amide bonds. The van der Waals surface area contributed by atoms with E-state index in [1.807, 2.05) is 0 Å². The Hall–Kier alpha value is -2.63. The monoisotopic (exact) mass is 485 g/mol. The van der Waals surface area contributed by atoms with Gasteiger partial charge in [-0.3, -0.25) is 9.59 Å². The molecule has 3 aliphatic rings. The molecule has 0 saturated heterocycles. The first-order valence-corrected chi connectivity index (χ1v) is 11.8. The predicted molar refractivity (Wildman–Crippen MR) is 125 cm³/mol. The van der Waals surface area contributed by atoms with Crippen LogP contribution < -0.4 is 10.1 Å². The summed E-state index contributed by atoms with van der Waals surface area (Å²) in [6, 6.07) is 9.56. The topological polar surface area (TPSA) is 55.4 Å². The third-order valence-corrected chi connectivity index (χ3v) is 6.98. The molecule has 0 spiro atoms. The molecule has 2 aromatic carbocycles. The number of halogens is 3. The van der Waals surface area contributed by atoms with Gasteiger partial charge in [0.15, 0.2) is 17.3 Å². The maximum Gasteiger partial charge on any atom is 0.161 e. The zero-order valence-corrected chi connectivity index (χ0v) is 19.4. The number of ketones is 2. The lowest BCUT2D eigenvalue weighted by molar-refractivity contribution is -0.116. The number of dihydropyridines is 1. The minimum Gasteiger partial charge on any atom is -0.486 e. The molecular weight excluding hydrogens is 464 g/mol. The molecule has 1 N–H and O–H groups in total. The molecular formula is C26H22Cl2FNO3. The third kappa shape index (κ3) is 4.20. The van der Waals surface area contributed by atoms with E-state index in [0.29, 0.717) is 35.1 Å². The van der Waals surface area contributed by atoms with Crippen LogP contribution in [-0.2, 0) is 16.2 Å². The second-order valence-electron chi connectivity index (χ2n) is 8.63. The van der Waals surface area contributed by atoms with Crippen molar-refractivity contribution in [2.24, 2.45) is 0 Å². The van der Waals surface area contributed by atoms with Crippen LogP contribution in [0.2, 0.25) is 10.0 Å². The van der Waals surface area contributed by atoms with E-state index in [1.165, 1.54) is 12.1 Å². The molecule has 0 atom stereocenters. The Balaban J connectivity index is 1.53. The van der Waals surface area contributed by atoms with Gasteiger partial charge in [0, 0.05) is 41.3 Å². The highest BCUT2D eigenvalue weighted by Gasteiger charge is 2.40. The summed E-state index contributed by atoms with van der Waals surface area (Å²) in [4.78, 5) is 25.9. The Labute approximate surface area is 201 Å². The lowest BCUT2D eigenvalue weighted by Crippen LogP contribution is -2.36. The van der Waals surface area contributed by atoms with Gasteiger partial charge in [-0.15, -0.1) is 0 Å². The number of rotatable bonds is 4. The summed E-state index contributed by atoms with van der Waals surface area (Å²) < 4.78 is 19.3. The van der Waals surface area contributed by atoms with Crippen molar-refractivity contribution in [3.63, 3.8) is 0 Å². The Bertz CT molecular complexity index is 1170. The van der Waals surface area contributed by atoms with Gasteiger partial charge >= 0.3 is 0 Å². The number of ether oxygens (including phenoxy) is 1. The van der Waals surface area contributed by atoms with Gasteiger partial charge in [-0.25, -0.2) is 4.39 Å². The first kappa shape index (κ1) is 22.2. The van der Waals surface area contributed by atoms with Crippen LogP contribution >= 0.6 is 23.2 Å². The Morgan fingerprint density at radius 1 is 0.909 bits per heavy atom. The van der Waals surface area contributed by atoms with E-state index in [1.54, 1.807) is 24.3 Å². The van der Waals surface area contributed by atoms with Crippen LogP contribution in [0, 0.1) is 5.82 Å². The largest absolute Gasteiger partial charge is 0.486 e. The molecule has 170 valence electrons. The van der Waals surface area contributed by atoms with E-state index in [9.17, 15) is 14.0 Å². The van der Waals surface area contributed by atoms with Crippen LogP contribution in [0.3, 0.4) is 0 Å². The predicted octanol–water partition coefficient (Wildman–Crippen LogP) is 6.41. The van der Waals surface area contributed by atoms with Gasteiger partial charge < -0.3 is 10.1 Å². The highest BCUT2D eigenvalue weighted by Crippen LogP contribution is 2.47. The Morgan fingerprint density at radius 2 is 1.52 bits per heavy atom. The highest BCUT2D eigenvalue weighted by molar-refractivity contribution is 6.37. The molecule has 0 aromatic heterocycles. The van der Waals surface area contributed by atoms with E-state index in [-0.39, 0.29) is 39.8 Å². The summed E-state index contributed by atoms with van der Waals surface area (Å²) in [7, 11) is 0. The summed E-state index contributed by atoms with van der Waals surface area (Å²) in [6.45, 7) is 0.103. The molecule has 0 fully saturated rings. The van der Waals surface area contributed by atoms with Crippen LogP contribution in [0.25, 0.3) is 0 Å². The molecule has 1 heterocycles. The molecule has 0 unspecified atom stereocenters. The minimum atomic E-state index is -0.482. The van der Waals surface area contributed by atoms with Crippen molar-refractivity contribution in [2.75, 3.05) is 0 Å². The van der Waals surface area contributed by atoms with Crippen LogP contribution in [0.1, 0.15) is 55.6 Å². The van der Waals surface area contributed by atoms with Gasteiger partial charge in [-0.2, -0.15) is 0 Å². The van der Waals surface area contributed by atoms with Crippen molar-refractivity contribution < 1.29 is 18.7 Å². The Kier molecular flexibility index (Phi) is 6.02. The summed E-state index contributed by atoms with van der Waals surface area (Å²) in [5.41, 5.74) is 4.46. The number of hydrogen-bond acceptors (Lipinski definition) is 4. The quantitative estimate of drug-likeness (QED) is 0.543. The first-order valence-electron chi connectivity index (χ1n) is 11.1. The van der Waals surface area contributed by atoms with Crippen molar-refractivity contribution in [1.29, 1.82) is 0 Å². The second-order valence-corrected chi connectivity index (χ2v) is 9.44. The molecule has 0 saturated carbocycles. The maximum atomic E-state index is 13.5. The summed E-state index contributed by atoms with van der Waals surface area (Å²) in [6.07, 6.45) is 4.07. The van der Waals surface area contributed by atoms with Gasteiger partial charge in [0.1, 0.15) is 12.4 Å². The second kappa shape index (κ2) is 8.96. The summed E-state index contributed by atoms with van der Waals surface area (Å²) >= 11 is 13.1. The van der Waals surface area contributed by atoms with Gasteiger partial charge in [0.05, 0.1) is 10.0 Å². The number of carbonyl (C=O) groups excluding carboxylic acids is 2. The fourth-order valence-electron chi connectivity index (χ4n) is 4.98. The molecule has 2 aliphatic carbocycles. The zero-order chi connectivity index (χ0) is 23.1. The fraction of sp³-hybridized carbons (Fsp3) is 0.308. The molecule has 1 aliphatic heterocycles. The lowest BCUT2D eigenvalue weighted by Gasteiger charge is -2.37. The molecule has 4 nitrogen and oxygen atoms in total. The van der Waals surface area contributed by atoms with Crippen LogP contribution in [0.15, 0.2) is 58.9 Å². The van der Waals surface area contributed by atoms with E-state index in [4.69, 9.17) is 27.9 Å². The summed E-state index contributed by atoms with van der Waals surface area (Å²) in [5, 5.41) is 3.96. The van der Waals surface area contributed by atoms with Gasteiger partial charge in [0.2, 0.25) is 0 Å². The highest BCUT2D eigenvalue weighted by atomic mass is 35.5. The normalized spacial score (nSPS) is 18.8. The van der Waals surface area contributed by atoms with Crippen molar-refractivity contribution in [1.82, 2.24) is 5.32 Å². The molecule has 0 bridgehead atoms. The Morgan fingerprint density at radius 3 is 2.09 bits per heavy atom. The summed E-state index contributed by atoms with van der Waals surface area (Å²) in [5.74, 6) is -0.440. The van der Waals surface area contributed by atoms with Crippen molar-refractivity contribution >= 4 is 34.8 Å². The molecule has 2 aromatic rings. The lowest BCUT2D eigenvalue weighted by atomic mass is 9.71. The number of carbonyl (C=O) groups is 2. The standard InChI is InChI=1S/C26H22Cl2FNO3/c27-17-11-15(12-18(28)26(17)33-13-14-4-1-5-16(29)10-14)23-24-19(6-2-8-21(24)31)30-20-7-3-9-22(32)25(20)23/h1,4-5,10-12,23,30H,2-3,6-9,13H2. The van der Waals surface area contributed by atoms with Crippen LogP contribution in [-0.4, -0.2) is 11.6 Å². The number of benzene rings is 2. The van der Waals surface area contributed by atoms with E-state index in [2.05, 4.69) is 5.32 Å². The van der Waals surface area contributed by atoms with Crippen molar-refractivity contribution in [3.8, 4) is 5.75 Å². The first-order chi connectivity index (χ1) is 15.9. The SMILES string of the molecule is O=C1CCCC2=C1C(c1cc(Cl)c(OCc3cccc(F)c3)c(Cl)c1)C1=C(CCCC1=O)N2. The van der Waals surface area contributed by atoms with E-state index >= 15 is 0 Å². The zero-order valence-electron chi connectivity index (χ0n) is 17.8. The van der Waals surface area contributed by atoms with Crippen molar-refractivity contribution in [3.05, 3.63) is 85.9 Å². The molecule has 7 heteroatoms. The maximum absolute atomic E-state index is 13.5. The smallest absolute Gasteiger partial charge is 0.161 e. The molecule has 33 heavy (non-hydrogen) atoms. The number of Topliss-reactive ketones (excluding diaryl/α,β-unsaturated/α-hetero) is 2. The van der Waals surface area contributed by atoms with Gasteiger partial charge in [-0.1, -0.05) is 35.3 Å². The number of hydrogen-bond donors (Lipinski definition) is 1. The third-order valence-electron chi connectivity index (χ3n) is 6.42. The van der Waals surface area contributed by atoms with E-state index < -0.39 is 5.92 Å². The van der Waals surface area contributed by atoms with Crippen LogP contribution in [0.5, 0.6) is 5.75 Å². The average molecular weight is 486 g/mol.